The lowest BCUT2D eigenvalue weighted by Gasteiger charge is -2.36. The lowest BCUT2D eigenvalue weighted by molar-refractivity contribution is 0.140. The van der Waals surface area contributed by atoms with Gasteiger partial charge in [0.2, 0.25) is 0 Å². The van der Waals surface area contributed by atoms with Crippen LogP contribution in [-0.4, -0.2) is 49.8 Å². The van der Waals surface area contributed by atoms with Crippen molar-refractivity contribution in [2.45, 2.75) is 32.4 Å². The summed E-state index contributed by atoms with van der Waals surface area (Å²) in [5, 5.41) is 19.0. The van der Waals surface area contributed by atoms with E-state index in [1.165, 1.54) is 17.7 Å². The fourth-order valence-electron chi connectivity index (χ4n) is 3.65. The molecule has 1 aromatic carbocycles. The van der Waals surface area contributed by atoms with Crippen molar-refractivity contribution in [3.8, 4) is 11.5 Å². The van der Waals surface area contributed by atoms with E-state index in [1.54, 1.807) is 26.3 Å². The van der Waals surface area contributed by atoms with Crippen LogP contribution in [0.15, 0.2) is 40.7 Å². The predicted molar refractivity (Wildman–Crippen MR) is 135 cm³/mol. The molecule has 1 aliphatic rings. The molecule has 0 aliphatic carbocycles. The van der Waals surface area contributed by atoms with Crippen molar-refractivity contribution in [3.63, 3.8) is 0 Å². The first-order chi connectivity index (χ1) is 14.1. The molecule has 0 bridgehead atoms. The molecule has 6 nitrogen and oxygen atoms in total. The van der Waals surface area contributed by atoms with Crippen LogP contribution in [0.4, 0.5) is 0 Å². The Morgan fingerprint density at radius 2 is 2.07 bits per heavy atom. The molecule has 0 saturated carbocycles. The average Bonchev–Trinajstić information content (AvgIpc) is 3.27. The predicted octanol–water partition coefficient (Wildman–Crippen LogP) is 4.22. The molecule has 0 amide bonds. The van der Waals surface area contributed by atoms with Crippen LogP contribution in [0.1, 0.15) is 36.2 Å². The topological polar surface area (TPSA) is 69.1 Å². The van der Waals surface area contributed by atoms with Gasteiger partial charge in [-0.1, -0.05) is 13.0 Å². The van der Waals surface area contributed by atoms with Crippen LogP contribution in [0.3, 0.4) is 0 Å². The molecule has 0 radical (unpaired) electrons. The fraction of sp³-hybridized carbons (Fsp3) is 0.500. The minimum Gasteiger partial charge on any atom is -0.508 e. The Labute approximate surface area is 200 Å². The van der Waals surface area contributed by atoms with E-state index in [0.717, 1.165) is 42.8 Å². The average molecular weight is 545 g/mol. The Bertz CT molecular complexity index is 792. The molecule has 3 N–H and O–H groups in total. The third-order valence-corrected chi connectivity index (χ3v) is 6.52. The molecular weight excluding hydrogens is 511 g/mol. The van der Waals surface area contributed by atoms with Gasteiger partial charge in [0, 0.05) is 30.6 Å². The van der Waals surface area contributed by atoms with Gasteiger partial charge in [-0.15, -0.1) is 35.3 Å². The number of phenols is 1. The number of nitrogens with zero attached hydrogens (tertiary/aromatic N) is 2. The Morgan fingerprint density at radius 1 is 1.30 bits per heavy atom. The van der Waals surface area contributed by atoms with E-state index in [1.807, 2.05) is 17.4 Å². The molecule has 2 heterocycles. The summed E-state index contributed by atoms with van der Waals surface area (Å²) < 4.78 is 5.25. The lowest BCUT2D eigenvalue weighted by Crippen LogP contribution is -2.44. The third kappa shape index (κ3) is 6.75. The molecule has 0 spiro atoms. The Balaban J connectivity index is 0.00000320. The summed E-state index contributed by atoms with van der Waals surface area (Å²) in [7, 11) is 3.39. The molecule has 1 aliphatic heterocycles. The first-order valence-electron chi connectivity index (χ1n) is 10.2. The molecule has 30 heavy (non-hydrogen) atoms. The maximum atomic E-state index is 10.1. The largest absolute Gasteiger partial charge is 0.508 e. The van der Waals surface area contributed by atoms with Crippen molar-refractivity contribution < 1.29 is 9.84 Å². The normalized spacial score (nSPS) is 16.6. The number of nitrogens with one attached hydrogen (secondary N) is 2. The van der Waals surface area contributed by atoms with Gasteiger partial charge in [-0.2, -0.15) is 0 Å². The van der Waals surface area contributed by atoms with E-state index in [2.05, 4.69) is 45.0 Å². The maximum Gasteiger partial charge on any atom is 0.191 e. The third-order valence-electron chi connectivity index (χ3n) is 5.55. The van der Waals surface area contributed by atoms with E-state index in [9.17, 15) is 5.11 Å². The highest BCUT2D eigenvalue weighted by Gasteiger charge is 2.25. The van der Waals surface area contributed by atoms with Crippen molar-refractivity contribution in [2.75, 3.05) is 33.8 Å². The second-order valence-corrected chi connectivity index (χ2v) is 8.53. The standard InChI is InChI=1S/C22H32N4O2S.HI/c1-16-8-10-26(11-9-16)19(21-5-4-12-29-21)15-25-22(23-2)24-14-17-13-18(28-3)6-7-20(17)27;/h4-7,12-13,16,19,27H,8-11,14-15H2,1-3H3,(H2,23,24,25);1H. The zero-order valence-corrected chi connectivity index (χ0v) is 21.1. The number of aliphatic imine (C=N–C) groups is 1. The quantitative estimate of drug-likeness (QED) is 0.277. The first kappa shape index (κ1) is 24.7. The number of likely N-dealkylation sites (tertiary alicyclic amines) is 1. The van der Waals surface area contributed by atoms with Gasteiger partial charge in [0.05, 0.1) is 13.2 Å². The minimum absolute atomic E-state index is 0. The van der Waals surface area contributed by atoms with Gasteiger partial charge < -0.3 is 20.5 Å². The summed E-state index contributed by atoms with van der Waals surface area (Å²) in [6.45, 7) is 5.87. The van der Waals surface area contributed by atoms with Crippen molar-refractivity contribution >= 4 is 41.3 Å². The zero-order valence-electron chi connectivity index (χ0n) is 17.9. The van der Waals surface area contributed by atoms with Gasteiger partial charge in [0.25, 0.3) is 0 Å². The summed E-state index contributed by atoms with van der Waals surface area (Å²) in [6, 6.07) is 9.91. The summed E-state index contributed by atoms with van der Waals surface area (Å²) in [5.41, 5.74) is 0.770. The lowest BCUT2D eigenvalue weighted by atomic mass is 9.97. The summed E-state index contributed by atoms with van der Waals surface area (Å²) >= 11 is 1.81. The summed E-state index contributed by atoms with van der Waals surface area (Å²) in [4.78, 5) is 8.32. The number of ether oxygens (including phenoxy) is 1. The number of aromatic hydroxyl groups is 1. The number of benzene rings is 1. The number of phenolic OH excluding ortho intramolecular Hbond substituents is 1. The van der Waals surface area contributed by atoms with Gasteiger partial charge >= 0.3 is 0 Å². The van der Waals surface area contributed by atoms with Crippen LogP contribution in [0.5, 0.6) is 11.5 Å². The van der Waals surface area contributed by atoms with Crippen molar-refractivity contribution in [1.29, 1.82) is 0 Å². The van der Waals surface area contributed by atoms with E-state index in [0.29, 0.717) is 12.6 Å². The Morgan fingerprint density at radius 3 is 2.70 bits per heavy atom. The van der Waals surface area contributed by atoms with Crippen molar-refractivity contribution in [3.05, 3.63) is 46.2 Å². The van der Waals surface area contributed by atoms with Crippen LogP contribution in [0.2, 0.25) is 0 Å². The Hall–Kier alpha value is -1.52. The van der Waals surface area contributed by atoms with E-state index in [4.69, 9.17) is 4.74 Å². The number of hydrogen-bond donors (Lipinski definition) is 3. The highest BCUT2D eigenvalue weighted by Crippen LogP contribution is 2.29. The van der Waals surface area contributed by atoms with Gasteiger partial charge in [-0.25, -0.2) is 0 Å². The second-order valence-electron chi connectivity index (χ2n) is 7.55. The van der Waals surface area contributed by atoms with Gasteiger partial charge in [-0.3, -0.25) is 9.89 Å². The van der Waals surface area contributed by atoms with Crippen molar-refractivity contribution in [1.82, 2.24) is 15.5 Å². The van der Waals surface area contributed by atoms with Crippen LogP contribution >= 0.6 is 35.3 Å². The number of methoxy groups -OCH3 is 1. The van der Waals surface area contributed by atoms with Crippen LogP contribution in [0, 0.1) is 5.92 Å². The van der Waals surface area contributed by atoms with Gasteiger partial charge in [-0.05, 0) is 61.5 Å². The number of guanidine groups is 1. The molecule has 1 saturated heterocycles. The molecule has 1 aromatic heterocycles. The minimum atomic E-state index is 0. The molecule has 2 aromatic rings. The SMILES string of the molecule is CN=C(NCc1cc(OC)ccc1O)NCC(c1cccs1)N1CCC(C)CC1.I. The first-order valence-corrected chi connectivity index (χ1v) is 11.1. The number of piperidine rings is 1. The fourth-order valence-corrected chi connectivity index (χ4v) is 4.51. The molecule has 3 rings (SSSR count). The van der Waals surface area contributed by atoms with Crippen LogP contribution in [-0.2, 0) is 6.54 Å². The molecule has 1 unspecified atom stereocenters. The second kappa shape index (κ2) is 12.4. The van der Waals surface area contributed by atoms with Crippen LogP contribution < -0.4 is 15.4 Å². The number of rotatable bonds is 7. The summed E-state index contributed by atoms with van der Waals surface area (Å²) in [6.07, 6.45) is 2.51. The smallest absolute Gasteiger partial charge is 0.191 e. The highest BCUT2D eigenvalue weighted by molar-refractivity contribution is 14.0. The maximum absolute atomic E-state index is 10.1. The highest BCUT2D eigenvalue weighted by atomic mass is 127. The van der Waals surface area contributed by atoms with Gasteiger partial charge in [0.15, 0.2) is 5.96 Å². The number of hydrogen-bond acceptors (Lipinski definition) is 5. The monoisotopic (exact) mass is 544 g/mol. The van der Waals surface area contributed by atoms with Gasteiger partial charge in [0.1, 0.15) is 11.5 Å². The number of thiophene rings is 1. The van der Waals surface area contributed by atoms with E-state index in [-0.39, 0.29) is 29.7 Å². The molecule has 8 heteroatoms. The number of halogens is 1. The van der Waals surface area contributed by atoms with Crippen LogP contribution in [0.25, 0.3) is 0 Å². The molecule has 1 atom stereocenters. The van der Waals surface area contributed by atoms with Crippen molar-refractivity contribution in [2.24, 2.45) is 10.9 Å². The summed E-state index contributed by atoms with van der Waals surface area (Å²) in [5.74, 6) is 2.50. The molecule has 166 valence electrons. The van der Waals surface area contributed by atoms with E-state index < -0.39 is 0 Å². The molecular formula is C22H33IN4O2S. The van der Waals surface area contributed by atoms with E-state index >= 15 is 0 Å². The molecule has 1 fully saturated rings. The zero-order chi connectivity index (χ0) is 20.6. The Kier molecular flexibility index (Phi) is 10.2.